The lowest BCUT2D eigenvalue weighted by atomic mass is 10.00. The second-order valence-electron chi connectivity index (χ2n) is 6.16. The first-order chi connectivity index (χ1) is 11.2. The molecule has 0 saturated carbocycles. The van der Waals surface area contributed by atoms with Crippen molar-refractivity contribution < 1.29 is 9.21 Å². The Hall–Kier alpha value is -2.30. The summed E-state index contributed by atoms with van der Waals surface area (Å²) in [5.41, 5.74) is 1.82. The average molecular weight is 313 g/mol. The van der Waals surface area contributed by atoms with E-state index in [1.54, 1.807) is 6.26 Å². The van der Waals surface area contributed by atoms with Crippen LogP contribution in [0, 0.1) is 5.92 Å². The van der Waals surface area contributed by atoms with Gasteiger partial charge in [-0.25, -0.2) is 9.78 Å². The molecule has 5 heteroatoms. The zero-order valence-electron chi connectivity index (χ0n) is 13.5. The number of likely N-dealkylation sites (tertiary alicyclic amines) is 1. The summed E-state index contributed by atoms with van der Waals surface area (Å²) in [6, 6.07) is 9.84. The van der Waals surface area contributed by atoms with E-state index >= 15 is 0 Å². The largest absolute Gasteiger partial charge is 0.444 e. The van der Waals surface area contributed by atoms with Crippen molar-refractivity contribution in [3.63, 3.8) is 0 Å². The number of aromatic nitrogens is 1. The Labute approximate surface area is 136 Å². The summed E-state index contributed by atoms with van der Waals surface area (Å²) in [4.78, 5) is 18.5. The number of carbonyl (C=O) groups is 1. The number of rotatable bonds is 4. The molecule has 23 heavy (non-hydrogen) atoms. The van der Waals surface area contributed by atoms with Gasteiger partial charge in [0.25, 0.3) is 0 Å². The molecule has 1 aliphatic rings. The van der Waals surface area contributed by atoms with E-state index in [4.69, 9.17) is 4.42 Å². The molecule has 0 unspecified atom stereocenters. The van der Waals surface area contributed by atoms with Gasteiger partial charge in [-0.2, -0.15) is 0 Å². The van der Waals surface area contributed by atoms with Crippen LogP contribution >= 0.6 is 0 Å². The van der Waals surface area contributed by atoms with Crippen molar-refractivity contribution in [2.24, 2.45) is 5.92 Å². The zero-order chi connectivity index (χ0) is 16.1. The minimum absolute atomic E-state index is 0.0312. The molecule has 1 N–H and O–H groups in total. The molecule has 1 aromatic heterocycles. The Kier molecular flexibility index (Phi) is 4.95. The van der Waals surface area contributed by atoms with Crippen molar-refractivity contribution >= 4 is 6.03 Å². The Morgan fingerprint density at radius 1 is 1.30 bits per heavy atom. The van der Waals surface area contributed by atoms with E-state index < -0.39 is 0 Å². The second-order valence-corrected chi connectivity index (χ2v) is 6.16. The molecular weight excluding hydrogens is 290 g/mol. The van der Waals surface area contributed by atoms with Crippen molar-refractivity contribution in [2.45, 2.75) is 26.2 Å². The lowest BCUT2D eigenvalue weighted by molar-refractivity contribution is 0.174. The smallest absolute Gasteiger partial charge is 0.317 e. The fourth-order valence-electron chi connectivity index (χ4n) is 2.76. The van der Waals surface area contributed by atoms with Crippen LogP contribution in [0.4, 0.5) is 4.79 Å². The Morgan fingerprint density at radius 3 is 2.78 bits per heavy atom. The second kappa shape index (κ2) is 7.31. The molecule has 2 aromatic rings. The Morgan fingerprint density at radius 2 is 2.04 bits per heavy atom. The van der Waals surface area contributed by atoms with Crippen LogP contribution < -0.4 is 5.32 Å². The van der Waals surface area contributed by atoms with Gasteiger partial charge in [-0.1, -0.05) is 25.1 Å². The van der Waals surface area contributed by atoms with Crippen molar-refractivity contribution in [3.8, 4) is 11.5 Å². The van der Waals surface area contributed by atoms with E-state index in [2.05, 4.69) is 17.2 Å². The summed E-state index contributed by atoms with van der Waals surface area (Å²) in [5, 5.41) is 2.97. The highest BCUT2D eigenvalue weighted by molar-refractivity contribution is 5.74. The molecule has 5 nitrogen and oxygen atoms in total. The summed E-state index contributed by atoms with van der Waals surface area (Å²) in [6.07, 6.45) is 4.53. The van der Waals surface area contributed by atoms with Gasteiger partial charge in [0.05, 0.1) is 5.69 Å². The predicted octanol–water partition coefficient (Wildman–Crippen LogP) is 3.33. The molecule has 2 amide bonds. The van der Waals surface area contributed by atoms with Crippen LogP contribution in [0.25, 0.3) is 11.5 Å². The first-order valence-corrected chi connectivity index (χ1v) is 8.25. The van der Waals surface area contributed by atoms with Gasteiger partial charge in [0.1, 0.15) is 6.26 Å². The number of carbonyl (C=O) groups excluding carboxylic acids is 1. The van der Waals surface area contributed by atoms with E-state index in [9.17, 15) is 4.79 Å². The molecule has 2 heterocycles. The van der Waals surface area contributed by atoms with Crippen LogP contribution in [-0.4, -0.2) is 35.5 Å². The molecule has 3 rings (SSSR count). The summed E-state index contributed by atoms with van der Waals surface area (Å²) >= 11 is 0. The highest BCUT2D eigenvalue weighted by Crippen LogP contribution is 2.18. The Balaban J connectivity index is 1.46. The molecular formula is C18H23N3O2. The number of urea groups is 1. The monoisotopic (exact) mass is 313 g/mol. The lowest BCUT2D eigenvalue weighted by Crippen LogP contribution is -2.44. The SMILES string of the molecule is CC1CCN(C(=O)NCCc2coc(-c3ccccc3)n2)CC1. The molecule has 0 atom stereocenters. The van der Waals surface area contributed by atoms with Gasteiger partial charge in [-0.3, -0.25) is 0 Å². The van der Waals surface area contributed by atoms with Gasteiger partial charge in [0.2, 0.25) is 5.89 Å². The van der Waals surface area contributed by atoms with Gasteiger partial charge >= 0.3 is 6.03 Å². The van der Waals surface area contributed by atoms with Gasteiger partial charge < -0.3 is 14.6 Å². The number of hydrogen-bond acceptors (Lipinski definition) is 3. The van der Waals surface area contributed by atoms with Gasteiger partial charge in [0, 0.05) is 31.6 Å². The quantitative estimate of drug-likeness (QED) is 0.942. The van der Waals surface area contributed by atoms with E-state index in [0.717, 1.165) is 43.1 Å². The first kappa shape index (κ1) is 15.6. The molecule has 0 aliphatic carbocycles. The van der Waals surface area contributed by atoms with Crippen LogP contribution in [0.5, 0.6) is 0 Å². The molecule has 0 spiro atoms. The maximum absolute atomic E-state index is 12.1. The molecule has 1 fully saturated rings. The Bertz CT molecular complexity index is 631. The molecule has 1 aliphatic heterocycles. The summed E-state index contributed by atoms with van der Waals surface area (Å²) in [7, 11) is 0. The van der Waals surface area contributed by atoms with E-state index in [1.165, 1.54) is 0 Å². The molecule has 122 valence electrons. The zero-order valence-corrected chi connectivity index (χ0v) is 13.5. The van der Waals surface area contributed by atoms with Crippen molar-refractivity contribution in [2.75, 3.05) is 19.6 Å². The fourth-order valence-corrected chi connectivity index (χ4v) is 2.76. The topological polar surface area (TPSA) is 58.4 Å². The molecule has 0 bridgehead atoms. The minimum atomic E-state index is 0.0312. The minimum Gasteiger partial charge on any atom is -0.444 e. The number of nitrogens with one attached hydrogen (secondary N) is 1. The molecule has 0 radical (unpaired) electrons. The van der Waals surface area contributed by atoms with Gasteiger partial charge in [0.15, 0.2) is 0 Å². The number of piperidine rings is 1. The number of amides is 2. The van der Waals surface area contributed by atoms with Crippen molar-refractivity contribution in [1.29, 1.82) is 0 Å². The van der Waals surface area contributed by atoms with Crippen LogP contribution in [0.15, 0.2) is 41.0 Å². The van der Waals surface area contributed by atoms with Gasteiger partial charge in [-0.15, -0.1) is 0 Å². The third-order valence-electron chi connectivity index (χ3n) is 4.30. The summed E-state index contributed by atoms with van der Waals surface area (Å²) < 4.78 is 5.50. The normalized spacial score (nSPS) is 15.6. The highest BCUT2D eigenvalue weighted by atomic mass is 16.3. The number of hydrogen-bond donors (Lipinski definition) is 1. The van der Waals surface area contributed by atoms with E-state index in [1.807, 2.05) is 35.2 Å². The van der Waals surface area contributed by atoms with Crippen LogP contribution in [-0.2, 0) is 6.42 Å². The summed E-state index contributed by atoms with van der Waals surface area (Å²) in [5.74, 6) is 1.35. The van der Waals surface area contributed by atoms with E-state index in [-0.39, 0.29) is 6.03 Å². The maximum Gasteiger partial charge on any atom is 0.317 e. The number of nitrogens with zero attached hydrogens (tertiary/aromatic N) is 2. The van der Waals surface area contributed by atoms with Crippen molar-refractivity contribution in [3.05, 3.63) is 42.3 Å². The first-order valence-electron chi connectivity index (χ1n) is 8.25. The number of oxazole rings is 1. The molecule has 1 saturated heterocycles. The summed E-state index contributed by atoms with van der Waals surface area (Å²) in [6.45, 7) is 4.53. The maximum atomic E-state index is 12.1. The standard InChI is InChI=1S/C18H23N3O2/c1-14-8-11-21(12-9-14)18(22)19-10-7-16-13-23-17(20-16)15-5-3-2-4-6-15/h2-6,13-14H,7-12H2,1H3,(H,19,22). The fraction of sp³-hybridized carbons (Fsp3) is 0.444. The van der Waals surface area contributed by atoms with Gasteiger partial charge in [-0.05, 0) is 30.9 Å². The predicted molar refractivity (Wildman–Crippen MR) is 89.0 cm³/mol. The highest BCUT2D eigenvalue weighted by Gasteiger charge is 2.19. The van der Waals surface area contributed by atoms with Crippen LogP contribution in [0.1, 0.15) is 25.5 Å². The van der Waals surface area contributed by atoms with Crippen molar-refractivity contribution in [1.82, 2.24) is 15.2 Å². The van der Waals surface area contributed by atoms with E-state index in [0.29, 0.717) is 18.9 Å². The number of benzene rings is 1. The average Bonchev–Trinajstić information content (AvgIpc) is 3.05. The third kappa shape index (κ3) is 4.12. The van der Waals surface area contributed by atoms with Crippen LogP contribution in [0.3, 0.4) is 0 Å². The van der Waals surface area contributed by atoms with Crippen LogP contribution in [0.2, 0.25) is 0 Å². The lowest BCUT2D eigenvalue weighted by Gasteiger charge is -2.30. The third-order valence-corrected chi connectivity index (χ3v) is 4.30. The molecule has 1 aromatic carbocycles.